The number of hydrogen-bond donors (Lipinski definition) is 2. The van der Waals surface area contributed by atoms with Crippen molar-refractivity contribution in [1.29, 1.82) is 0 Å². The van der Waals surface area contributed by atoms with E-state index in [0.29, 0.717) is 19.4 Å². The molecule has 0 aromatic carbocycles. The first kappa shape index (κ1) is 9.48. The molecule has 12 heavy (non-hydrogen) atoms. The normalized spacial score (nSPS) is 28.8. The molecular formula is C8H15NO3. The minimum absolute atomic E-state index is 0.200. The molecule has 0 spiro atoms. The maximum absolute atomic E-state index is 10.8. The number of hydrogen-bond acceptors (Lipinski definition) is 4. The van der Waals surface area contributed by atoms with Crippen molar-refractivity contribution in [3.8, 4) is 0 Å². The fourth-order valence-corrected chi connectivity index (χ4v) is 1.42. The molecule has 1 heterocycles. The third kappa shape index (κ3) is 2.46. The molecule has 70 valence electrons. The topological polar surface area (TPSA) is 58.6 Å². The number of aliphatic hydroxyl groups excluding tert-OH is 1. The summed E-state index contributed by atoms with van der Waals surface area (Å²) in [5.74, 6) is 0.0122. The highest BCUT2D eigenvalue weighted by Crippen LogP contribution is 2.15. The average Bonchev–Trinajstić information content (AvgIpc) is 2.47. The van der Waals surface area contributed by atoms with E-state index < -0.39 is 0 Å². The number of methoxy groups -OCH3 is 1. The van der Waals surface area contributed by atoms with Gasteiger partial charge in [0.1, 0.15) is 0 Å². The SMILES string of the molecule is COC(=O)CC[C@H]1CNC[C@@H]1O. The van der Waals surface area contributed by atoms with Crippen molar-refractivity contribution in [2.45, 2.75) is 18.9 Å². The quantitative estimate of drug-likeness (QED) is 0.566. The maximum atomic E-state index is 10.8. The Morgan fingerprint density at radius 3 is 2.92 bits per heavy atom. The molecular weight excluding hydrogens is 158 g/mol. The van der Waals surface area contributed by atoms with Crippen LogP contribution in [0.5, 0.6) is 0 Å². The lowest BCUT2D eigenvalue weighted by molar-refractivity contribution is -0.141. The van der Waals surface area contributed by atoms with Gasteiger partial charge in [-0.2, -0.15) is 0 Å². The standard InChI is InChI=1S/C8H15NO3/c1-12-8(11)3-2-6-4-9-5-7(6)10/h6-7,9-10H,2-5H2,1H3/t6-,7-/m0/s1. The van der Waals surface area contributed by atoms with Crippen LogP contribution in [-0.2, 0) is 9.53 Å². The highest BCUT2D eigenvalue weighted by molar-refractivity contribution is 5.69. The van der Waals surface area contributed by atoms with E-state index in [9.17, 15) is 9.90 Å². The third-order valence-electron chi connectivity index (χ3n) is 2.25. The lowest BCUT2D eigenvalue weighted by atomic mass is 10.0. The average molecular weight is 173 g/mol. The molecule has 2 atom stereocenters. The van der Waals surface area contributed by atoms with Gasteiger partial charge in [0, 0.05) is 19.5 Å². The minimum Gasteiger partial charge on any atom is -0.469 e. The molecule has 0 amide bonds. The Kier molecular flexibility index (Phi) is 3.49. The number of rotatable bonds is 3. The minimum atomic E-state index is -0.297. The second kappa shape index (κ2) is 4.42. The van der Waals surface area contributed by atoms with Gasteiger partial charge in [-0.15, -0.1) is 0 Å². The first-order valence-corrected chi connectivity index (χ1v) is 4.19. The first-order chi connectivity index (χ1) is 5.74. The van der Waals surface area contributed by atoms with E-state index in [2.05, 4.69) is 10.1 Å². The summed E-state index contributed by atoms with van der Waals surface area (Å²) in [5, 5.41) is 12.4. The van der Waals surface area contributed by atoms with Crippen LogP contribution in [0.15, 0.2) is 0 Å². The van der Waals surface area contributed by atoms with Crippen molar-refractivity contribution in [2.75, 3.05) is 20.2 Å². The fraction of sp³-hybridized carbons (Fsp3) is 0.875. The number of esters is 1. The summed E-state index contributed by atoms with van der Waals surface area (Å²) in [5.41, 5.74) is 0. The second-order valence-corrected chi connectivity index (χ2v) is 3.10. The van der Waals surface area contributed by atoms with Gasteiger partial charge in [-0.25, -0.2) is 0 Å². The Balaban J connectivity index is 2.18. The molecule has 1 rings (SSSR count). The van der Waals surface area contributed by atoms with Gasteiger partial charge in [-0.1, -0.05) is 0 Å². The summed E-state index contributed by atoms with van der Waals surface area (Å²) in [7, 11) is 1.38. The number of carbonyl (C=O) groups is 1. The van der Waals surface area contributed by atoms with Crippen LogP contribution in [0, 0.1) is 5.92 Å². The molecule has 0 saturated carbocycles. The molecule has 0 aliphatic carbocycles. The number of carbonyl (C=O) groups excluding carboxylic acids is 1. The van der Waals surface area contributed by atoms with Crippen LogP contribution in [0.25, 0.3) is 0 Å². The monoisotopic (exact) mass is 173 g/mol. The van der Waals surface area contributed by atoms with E-state index in [1.54, 1.807) is 0 Å². The smallest absolute Gasteiger partial charge is 0.305 e. The van der Waals surface area contributed by atoms with E-state index in [4.69, 9.17) is 0 Å². The summed E-state index contributed by atoms with van der Waals surface area (Å²) in [6.45, 7) is 1.45. The van der Waals surface area contributed by atoms with Gasteiger partial charge >= 0.3 is 5.97 Å². The van der Waals surface area contributed by atoms with Crippen LogP contribution in [0.4, 0.5) is 0 Å². The van der Waals surface area contributed by atoms with Crippen molar-refractivity contribution < 1.29 is 14.6 Å². The van der Waals surface area contributed by atoms with Crippen LogP contribution < -0.4 is 5.32 Å². The molecule has 0 radical (unpaired) electrons. The summed E-state index contributed by atoms with van der Waals surface area (Å²) in [6.07, 6.45) is 0.815. The molecule has 1 fully saturated rings. The van der Waals surface area contributed by atoms with Crippen molar-refractivity contribution in [3.63, 3.8) is 0 Å². The molecule has 4 nitrogen and oxygen atoms in total. The van der Waals surface area contributed by atoms with Gasteiger partial charge in [0.25, 0.3) is 0 Å². The van der Waals surface area contributed by atoms with E-state index in [-0.39, 0.29) is 18.0 Å². The number of aliphatic hydroxyl groups is 1. The number of nitrogens with one attached hydrogen (secondary N) is 1. The van der Waals surface area contributed by atoms with E-state index >= 15 is 0 Å². The molecule has 1 aliphatic rings. The second-order valence-electron chi connectivity index (χ2n) is 3.10. The van der Waals surface area contributed by atoms with Gasteiger partial charge in [0.2, 0.25) is 0 Å². The predicted molar refractivity (Wildman–Crippen MR) is 43.6 cm³/mol. The van der Waals surface area contributed by atoms with Crippen LogP contribution >= 0.6 is 0 Å². The third-order valence-corrected chi connectivity index (χ3v) is 2.25. The lowest BCUT2D eigenvalue weighted by Gasteiger charge is -2.11. The van der Waals surface area contributed by atoms with Gasteiger partial charge < -0.3 is 15.2 Å². The van der Waals surface area contributed by atoms with Crippen LogP contribution in [0.1, 0.15) is 12.8 Å². The predicted octanol–water partition coefficient (Wildman–Crippen LogP) is -0.480. The Hall–Kier alpha value is -0.610. The summed E-state index contributed by atoms with van der Waals surface area (Å²) < 4.78 is 4.50. The van der Waals surface area contributed by atoms with Gasteiger partial charge in [0.05, 0.1) is 13.2 Å². The zero-order valence-electron chi connectivity index (χ0n) is 7.25. The number of β-amino-alcohol motifs (C(OH)–C–C–N with tert-alkyl or cyclic N) is 1. The van der Waals surface area contributed by atoms with Crippen LogP contribution in [-0.4, -0.2) is 37.4 Å². The Labute approximate surface area is 71.9 Å². The first-order valence-electron chi connectivity index (χ1n) is 4.19. The molecule has 0 unspecified atom stereocenters. The van der Waals surface area contributed by atoms with Crippen molar-refractivity contribution in [3.05, 3.63) is 0 Å². The van der Waals surface area contributed by atoms with Crippen LogP contribution in [0.3, 0.4) is 0 Å². The van der Waals surface area contributed by atoms with E-state index in [1.807, 2.05) is 0 Å². The molecule has 1 saturated heterocycles. The highest BCUT2D eigenvalue weighted by Gasteiger charge is 2.24. The molecule has 1 aliphatic heterocycles. The Morgan fingerprint density at radius 1 is 1.67 bits per heavy atom. The molecule has 0 aromatic heterocycles. The summed E-state index contributed by atoms with van der Waals surface area (Å²) in [6, 6.07) is 0. The molecule has 0 bridgehead atoms. The van der Waals surface area contributed by atoms with Crippen molar-refractivity contribution in [1.82, 2.24) is 5.32 Å². The molecule has 2 N–H and O–H groups in total. The number of ether oxygens (including phenoxy) is 1. The fourth-order valence-electron chi connectivity index (χ4n) is 1.42. The van der Waals surface area contributed by atoms with Crippen molar-refractivity contribution in [2.24, 2.45) is 5.92 Å². The highest BCUT2D eigenvalue weighted by atomic mass is 16.5. The van der Waals surface area contributed by atoms with Crippen molar-refractivity contribution >= 4 is 5.97 Å². The lowest BCUT2D eigenvalue weighted by Crippen LogP contribution is -2.19. The zero-order chi connectivity index (χ0) is 8.97. The molecule has 0 aromatic rings. The van der Waals surface area contributed by atoms with E-state index in [0.717, 1.165) is 6.54 Å². The van der Waals surface area contributed by atoms with Gasteiger partial charge in [-0.3, -0.25) is 4.79 Å². The van der Waals surface area contributed by atoms with E-state index in [1.165, 1.54) is 7.11 Å². The summed E-state index contributed by atoms with van der Waals surface area (Å²) >= 11 is 0. The largest absolute Gasteiger partial charge is 0.469 e. The summed E-state index contributed by atoms with van der Waals surface area (Å²) in [4.78, 5) is 10.8. The Bertz CT molecular complexity index is 160. The van der Waals surface area contributed by atoms with Gasteiger partial charge in [-0.05, 0) is 12.3 Å². The maximum Gasteiger partial charge on any atom is 0.305 e. The zero-order valence-corrected chi connectivity index (χ0v) is 7.25. The van der Waals surface area contributed by atoms with Crippen LogP contribution in [0.2, 0.25) is 0 Å². The molecule has 4 heteroatoms. The Morgan fingerprint density at radius 2 is 2.42 bits per heavy atom. The van der Waals surface area contributed by atoms with Gasteiger partial charge in [0.15, 0.2) is 0 Å².